The van der Waals surface area contributed by atoms with Gasteiger partial charge in [0.25, 0.3) is 0 Å². The lowest BCUT2D eigenvalue weighted by molar-refractivity contribution is -0.143. The topological polar surface area (TPSA) is 171 Å². The van der Waals surface area contributed by atoms with Crippen LogP contribution < -0.4 is 21.7 Å². The van der Waals surface area contributed by atoms with E-state index in [1.165, 1.54) is 18.7 Å². The molecule has 186 valence electrons. The summed E-state index contributed by atoms with van der Waals surface area (Å²) in [6, 6.07) is -4.29. The number of rotatable bonds is 15. The molecule has 3 amide bonds. The molecular weight excluding hydrogens is 436 g/mol. The van der Waals surface area contributed by atoms with Crippen molar-refractivity contribution in [3.63, 3.8) is 0 Å². The van der Waals surface area contributed by atoms with Crippen molar-refractivity contribution in [2.24, 2.45) is 17.6 Å². The molecule has 0 spiro atoms. The highest BCUT2D eigenvalue weighted by Gasteiger charge is 2.34. The third-order valence-electron chi connectivity index (χ3n) is 5.64. The van der Waals surface area contributed by atoms with Gasteiger partial charge in [-0.3, -0.25) is 14.4 Å². The number of nitrogens with one attached hydrogen (secondary N) is 3. The second-order valence-corrected chi connectivity index (χ2v) is 9.18. The number of carbonyl (C=O) groups is 4. The molecule has 0 saturated heterocycles. The van der Waals surface area contributed by atoms with Gasteiger partial charge in [0.05, 0.1) is 12.1 Å². The maximum absolute atomic E-state index is 13.0. The Labute approximate surface area is 194 Å². The molecule has 7 N–H and O–H groups in total. The Morgan fingerprint density at radius 3 is 1.81 bits per heavy atom. The molecule has 0 heterocycles. The maximum Gasteiger partial charge on any atom is 0.326 e. The number of hydrogen-bond donors (Lipinski definition) is 6. The van der Waals surface area contributed by atoms with Crippen LogP contribution in [0, 0.1) is 11.8 Å². The standard InChI is InChI=1S/C21H40N4O6S/c1-7-11(3)15(22)18(27)24-16(12(4)8-2)19(28)25-17(13(5)26)20(29)23-14(21(30)31)9-10-32-6/h11-17,26H,7-10,22H2,1-6H3,(H,23,29)(H,24,27)(H,25,28)(H,30,31). The fraction of sp³-hybridized carbons (Fsp3) is 0.810. The summed E-state index contributed by atoms with van der Waals surface area (Å²) in [5.74, 6) is -2.97. The number of carbonyl (C=O) groups excluding carboxylic acids is 3. The Balaban J connectivity index is 5.47. The molecule has 0 saturated carbocycles. The summed E-state index contributed by atoms with van der Waals surface area (Å²) in [7, 11) is 0. The first kappa shape index (κ1) is 30.1. The van der Waals surface area contributed by atoms with Crippen molar-refractivity contribution in [3.05, 3.63) is 0 Å². The van der Waals surface area contributed by atoms with Crippen LogP contribution in [0.3, 0.4) is 0 Å². The molecular formula is C21H40N4O6S. The molecule has 10 nitrogen and oxygen atoms in total. The van der Waals surface area contributed by atoms with Gasteiger partial charge >= 0.3 is 5.97 Å². The van der Waals surface area contributed by atoms with Gasteiger partial charge in [-0.15, -0.1) is 0 Å². The predicted octanol–water partition coefficient (Wildman–Crippen LogP) is 0.0788. The Bertz CT molecular complexity index is 633. The number of hydrogen-bond acceptors (Lipinski definition) is 7. The van der Waals surface area contributed by atoms with E-state index in [4.69, 9.17) is 5.73 Å². The Kier molecular flexibility index (Phi) is 14.2. The SMILES string of the molecule is CCC(C)C(N)C(=O)NC(C(=O)NC(C(=O)NC(CCSC)C(=O)O)C(C)O)C(C)CC. The van der Waals surface area contributed by atoms with E-state index < -0.39 is 54.0 Å². The van der Waals surface area contributed by atoms with Crippen LogP contribution in [-0.4, -0.2) is 76.2 Å². The van der Waals surface area contributed by atoms with Crippen LogP contribution in [0.15, 0.2) is 0 Å². The second-order valence-electron chi connectivity index (χ2n) is 8.19. The number of carboxylic acids is 1. The normalized spacial score (nSPS) is 17.8. The van der Waals surface area contributed by atoms with Crippen LogP contribution in [-0.2, 0) is 19.2 Å². The molecule has 0 aromatic heterocycles. The number of aliphatic hydroxyl groups excluding tert-OH is 1. The Hall–Kier alpha value is -1.85. The van der Waals surface area contributed by atoms with Gasteiger partial charge in [-0.2, -0.15) is 11.8 Å². The first-order valence-electron chi connectivity index (χ1n) is 11.0. The lowest BCUT2D eigenvalue weighted by Crippen LogP contribution is -2.61. The summed E-state index contributed by atoms with van der Waals surface area (Å²) in [6.07, 6.45) is 1.99. The van der Waals surface area contributed by atoms with Crippen molar-refractivity contribution >= 4 is 35.5 Å². The summed E-state index contributed by atoms with van der Waals surface area (Å²) < 4.78 is 0. The highest BCUT2D eigenvalue weighted by molar-refractivity contribution is 7.98. The molecule has 0 aromatic rings. The van der Waals surface area contributed by atoms with Gasteiger partial charge in [-0.05, 0) is 37.2 Å². The highest BCUT2D eigenvalue weighted by Crippen LogP contribution is 2.12. The van der Waals surface area contributed by atoms with Crippen molar-refractivity contribution in [1.29, 1.82) is 0 Å². The van der Waals surface area contributed by atoms with Crippen molar-refractivity contribution in [2.45, 2.75) is 84.2 Å². The smallest absolute Gasteiger partial charge is 0.326 e. The van der Waals surface area contributed by atoms with Gasteiger partial charge in [-0.25, -0.2) is 4.79 Å². The van der Waals surface area contributed by atoms with Crippen LogP contribution in [0.2, 0.25) is 0 Å². The average Bonchev–Trinajstić information content (AvgIpc) is 2.75. The van der Waals surface area contributed by atoms with E-state index in [2.05, 4.69) is 16.0 Å². The summed E-state index contributed by atoms with van der Waals surface area (Å²) in [6.45, 7) is 8.70. The number of thioether (sulfide) groups is 1. The monoisotopic (exact) mass is 476 g/mol. The maximum atomic E-state index is 13.0. The van der Waals surface area contributed by atoms with Gasteiger partial charge in [0, 0.05) is 0 Å². The average molecular weight is 477 g/mol. The Morgan fingerprint density at radius 2 is 1.38 bits per heavy atom. The number of carboxylic acid groups (broad SMARTS) is 1. The summed E-state index contributed by atoms with van der Waals surface area (Å²) in [5, 5.41) is 26.9. The summed E-state index contributed by atoms with van der Waals surface area (Å²) >= 11 is 1.44. The van der Waals surface area contributed by atoms with E-state index in [0.717, 1.165) is 0 Å². The number of amides is 3. The molecule has 32 heavy (non-hydrogen) atoms. The molecule has 0 aliphatic heterocycles. The minimum atomic E-state index is -1.38. The van der Waals surface area contributed by atoms with Gasteiger partial charge in [0.15, 0.2) is 0 Å². The Morgan fingerprint density at radius 1 is 0.875 bits per heavy atom. The van der Waals surface area contributed by atoms with Crippen LogP contribution in [0.1, 0.15) is 53.9 Å². The first-order valence-corrected chi connectivity index (χ1v) is 12.4. The summed E-state index contributed by atoms with van der Waals surface area (Å²) in [4.78, 5) is 49.6. The van der Waals surface area contributed by atoms with Gasteiger partial charge in [0.1, 0.15) is 18.1 Å². The zero-order valence-corrected chi connectivity index (χ0v) is 20.7. The number of aliphatic hydroxyl groups is 1. The van der Waals surface area contributed by atoms with Crippen LogP contribution in [0.4, 0.5) is 0 Å². The minimum absolute atomic E-state index is 0.0825. The predicted molar refractivity (Wildman–Crippen MR) is 125 cm³/mol. The number of aliphatic carboxylic acids is 1. The fourth-order valence-electron chi connectivity index (χ4n) is 2.87. The molecule has 0 bridgehead atoms. The molecule has 0 aromatic carbocycles. The molecule has 0 radical (unpaired) electrons. The number of nitrogens with two attached hydrogens (primary N) is 1. The third kappa shape index (κ3) is 9.74. The largest absolute Gasteiger partial charge is 0.480 e. The van der Waals surface area contributed by atoms with Gasteiger partial charge in [-0.1, -0.05) is 40.5 Å². The van der Waals surface area contributed by atoms with E-state index in [9.17, 15) is 29.4 Å². The van der Waals surface area contributed by atoms with E-state index in [1.54, 1.807) is 6.92 Å². The molecule has 0 rings (SSSR count). The van der Waals surface area contributed by atoms with Crippen LogP contribution in [0.25, 0.3) is 0 Å². The second kappa shape index (κ2) is 15.1. The third-order valence-corrected chi connectivity index (χ3v) is 6.28. The molecule has 0 fully saturated rings. The quantitative estimate of drug-likeness (QED) is 0.193. The molecule has 7 unspecified atom stereocenters. The minimum Gasteiger partial charge on any atom is -0.480 e. The first-order chi connectivity index (χ1) is 14.9. The van der Waals surface area contributed by atoms with Crippen LogP contribution in [0.5, 0.6) is 0 Å². The summed E-state index contributed by atoms with van der Waals surface area (Å²) in [5.41, 5.74) is 5.98. The molecule has 0 aliphatic rings. The lowest BCUT2D eigenvalue weighted by Gasteiger charge is -2.29. The van der Waals surface area contributed by atoms with E-state index >= 15 is 0 Å². The molecule has 0 aliphatic carbocycles. The lowest BCUT2D eigenvalue weighted by atomic mass is 9.95. The van der Waals surface area contributed by atoms with Gasteiger partial charge < -0.3 is 31.9 Å². The van der Waals surface area contributed by atoms with Crippen LogP contribution >= 0.6 is 11.8 Å². The van der Waals surface area contributed by atoms with E-state index in [1.807, 2.05) is 27.0 Å². The zero-order chi connectivity index (χ0) is 25.0. The van der Waals surface area contributed by atoms with E-state index in [-0.39, 0.29) is 18.3 Å². The van der Waals surface area contributed by atoms with Crippen molar-refractivity contribution < 1.29 is 29.4 Å². The molecule has 7 atom stereocenters. The zero-order valence-electron chi connectivity index (χ0n) is 19.9. The van der Waals surface area contributed by atoms with Crippen molar-refractivity contribution in [2.75, 3.05) is 12.0 Å². The van der Waals surface area contributed by atoms with Gasteiger partial charge in [0.2, 0.25) is 17.7 Å². The fourth-order valence-corrected chi connectivity index (χ4v) is 3.34. The highest BCUT2D eigenvalue weighted by atomic mass is 32.2. The molecule has 11 heteroatoms. The van der Waals surface area contributed by atoms with E-state index in [0.29, 0.717) is 18.6 Å². The van der Waals surface area contributed by atoms with Crippen molar-refractivity contribution in [1.82, 2.24) is 16.0 Å². The van der Waals surface area contributed by atoms with Crippen molar-refractivity contribution in [3.8, 4) is 0 Å².